The first-order valence-electron chi connectivity index (χ1n) is 6.66. The van der Waals surface area contributed by atoms with Crippen molar-refractivity contribution in [3.05, 3.63) is 59.7 Å². The summed E-state index contributed by atoms with van der Waals surface area (Å²) in [6.45, 7) is 0. The lowest BCUT2D eigenvalue weighted by atomic mass is 10.1. The number of halogens is 3. The summed E-state index contributed by atoms with van der Waals surface area (Å²) in [5.74, 6) is -0.650. The van der Waals surface area contributed by atoms with E-state index in [1.54, 1.807) is 0 Å². The van der Waals surface area contributed by atoms with Gasteiger partial charge in [0.05, 0.1) is 10.5 Å². The van der Waals surface area contributed by atoms with E-state index in [0.717, 1.165) is 12.1 Å². The molecule has 24 heavy (non-hydrogen) atoms. The summed E-state index contributed by atoms with van der Waals surface area (Å²) in [6, 6.07) is 9.22. The molecule has 0 bridgehead atoms. The Hall–Kier alpha value is -2.39. The topological polar surface area (TPSA) is 75.3 Å². The van der Waals surface area contributed by atoms with Crippen LogP contribution in [0, 0.1) is 0 Å². The molecule has 2 rings (SSSR count). The molecule has 0 aliphatic rings. The van der Waals surface area contributed by atoms with Crippen LogP contribution in [-0.4, -0.2) is 21.4 Å². The number of hydrogen-bond donors (Lipinski definition) is 2. The van der Waals surface area contributed by atoms with Crippen molar-refractivity contribution in [3.63, 3.8) is 0 Å². The Morgan fingerprint density at radius 1 is 1.04 bits per heavy atom. The van der Waals surface area contributed by atoms with Gasteiger partial charge in [0.15, 0.2) is 0 Å². The van der Waals surface area contributed by atoms with Crippen molar-refractivity contribution < 1.29 is 26.4 Å². The second kappa shape index (κ2) is 6.62. The number of alkyl halides is 3. The largest absolute Gasteiger partial charge is 0.416 e. The quantitative estimate of drug-likeness (QED) is 0.883. The van der Waals surface area contributed by atoms with Crippen molar-refractivity contribution in [2.75, 3.05) is 12.4 Å². The smallest absolute Gasteiger partial charge is 0.322 e. The second-order valence-electron chi connectivity index (χ2n) is 4.76. The fourth-order valence-corrected chi connectivity index (χ4v) is 2.61. The van der Waals surface area contributed by atoms with Crippen LogP contribution < -0.4 is 10.0 Å². The molecule has 0 saturated heterocycles. The molecule has 5 nitrogen and oxygen atoms in total. The Kier molecular flexibility index (Phi) is 4.95. The minimum absolute atomic E-state index is 0.0123. The van der Waals surface area contributed by atoms with Gasteiger partial charge < -0.3 is 5.32 Å². The number of carbonyl (C=O) groups excluding carboxylic acids is 1. The predicted molar refractivity (Wildman–Crippen MR) is 82.1 cm³/mol. The summed E-state index contributed by atoms with van der Waals surface area (Å²) in [4.78, 5) is 12.0. The maximum atomic E-state index is 12.6. The number of sulfonamides is 1. The van der Waals surface area contributed by atoms with Crippen molar-refractivity contribution in [3.8, 4) is 0 Å². The number of rotatable bonds is 4. The van der Waals surface area contributed by atoms with Gasteiger partial charge in [-0.3, -0.25) is 4.79 Å². The van der Waals surface area contributed by atoms with Crippen LogP contribution in [0.5, 0.6) is 0 Å². The number of hydrogen-bond acceptors (Lipinski definition) is 3. The van der Waals surface area contributed by atoms with E-state index >= 15 is 0 Å². The average molecular weight is 358 g/mol. The van der Waals surface area contributed by atoms with Crippen molar-refractivity contribution in [1.29, 1.82) is 0 Å². The lowest BCUT2D eigenvalue weighted by Crippen LogP contribution is -2.19. The highest BCUT2D eigenvalue weighted by Gasteiger charge is 2.30. The van der Waals surface area contributed by atoms with Gasteiger partial charge in [-0.05, 0) is 49.5 Å². The van der Waals surface area contributed by atoms with E-state index in [-0.39, 0.29) is 16.1 Å². The van der Waals surface area contributed by atoms with E-state index in [0.29, 0.717) is 0 Å². The highest BCUT2D eigenvalue weighted by Crippen LogP contribution is 2.30. The zero-order valence-electron chi connectivity index (χ0n) is 12.4. The number of amides is 1. The van der Waals surface area contributed by atoms with Crippen LogP contribution in [0.2, 0.25) is 0 Å². The molecule has 2 aromatic rings. The van der Waals surface area contributed by atoms with Gasteiger partial charge >= 0.3 is 6.18 Å². The zero-order chi connectivity index (χ0) is 18.0. The molecule has 0 aliphatic carbocycles. The van der Waals surface area contributed by atoms with Crippen molar-refractivity contribution >= 4 is 21.6 Å². The Morgan fingerprint density at radius 2 is 1.67 bits per heavy atom. The van der Waals surface area contributed by atoms with Gasteiger partial charge in [-0.15, -0.1) is 0 Å². The molecular formula is C15H13F3N2O3S. The van der Waals surface area contributed by atoms with Gasteiger partial charge in [-0.2, -0.15) is 13.2 Å². The van der Waals surface area contributed by atoms with E-state index in [2.05, 4.69) is 10.0 Å². The first-order valence-corrected chi connectivity index (χ1v) is 8.14. The Bertz CT molecular complexity index is 847. The third-order valence-corrected chi connectivity index (χ3v) is 4.57. The maximum Gasteiger partial charge on any atom is 0.416 e. The molecule has 0 fully saturated rings. The van der Waals surface area contributed by atoms with E-state index < -0.39 is 27.7 Å². The summed E-state index contributed by atoms with van der Waals surface area (Å²) in [5.41, 5.74) is -0.778. The zero-order valence-corrected chi connectivity index (χ0v) is 13.2. The molecule has 0 atom stereocenters. The van der Waals surface area contributed by atoms with Gasteiger partial charge in [0.2, 0.25) is 10.0 Å². The van der Waals surface area contributed by atoms with E-state index in [9.17, 15) is 26.4 Å². The molecule has 0 heterocycles. The number of nitrogens with one attached hydrogen (secondary N) is 2. The Morgan fingerprint density at radius 3 is 2.21 bits per heavy atom. The van der Waals surface area contributed by atoms with Crippen LogP contribution in [0.1, 0.15) is 15.9 Å². The summed E-state index contributed by atoms with van der Waals surface area (Å²) in [6.07, 6.45) is -4.51. The van der Waals surface area contributed by atoms with E-state index in [4.69, 9.17) is 0 Å². The van der Waals surface area contributed by atoms with Crippen LogP contribution in [0.25, 0.3) is 0 Å². The van der Waals surface area contributed by atoms with Crippen LogP contribution >= 0.6 is 0 Å². The molecule has 0 radical (unpaired) electrons. The normalized spacial score (nSPS) is 12.0. The minimum atomic E-state index is -4.51. The molecule has 9 heteroatoms. The molecule has 0 aromatic heterocycles. The highest BCUT2D eigenvalue weighted by molar-refractivity contribution is 7.89. The van der Waals surface area contributed by atoms with E-state index in [1.165, 1.54) is 43.4 Å². The SMILES string of the molecule is CNS(=O)(=O)c1ccc(C(=O)Nc2cccc(C(F)(F)F)c2)cc1. The summed E-state index contributed by atoms with van der Waals surface area (Å²) < 4.78 is 63.2. The minimum Gasteiger partial charge on any atom is -0.322 e. The fourth-order valence-electron chi connectivity index (χ4n) is 1.88. The van der Waals surface area contributed by atoms with Gasteiger partial charge in [-0.1, -0.05) is 6.07 Å². The van der Waals surface area contributed by atoms with Crippen molar-refractivity contribution in [2.45, 2.75) is 11.1 Å². The highest BCUT2D eigenvalue weighted by atomic mass is 32.2. The van der Waals surface area contributed by atoms with Crippen molar-refractivity contribution in [1.82, 2.24) is 4.72 Å². The fraction of sp³-hybridized carbons (Fsp3) is 0.133. The molecule has 0 spiro atoms. The number of benzene rings is 2. The van der Waals surface area contributed by atoms with Crippen LogP contribution in [0.3, 0.4) is 0 Å². The predicted octanol–water partition coefficient (Wildman–Crippen LogP) is 2.87. The molecule has 2 aromatic carbocycles. The van der Waals surface area contributed by atoms with Gasteiger partial charge in [-0.25, -0.2) is 13.1 Å². The van der Waals surface area contributed by atoms with Crippen LogP contribution in [0.15, 0.2) is 53.4 Å². The molecule has 2 N–H and O–H groups in total. The average Bonchev–Trinajstić information content (AvgIpc) is 2.54. The molecule has 1 amide bonds. The number of anilines is 1. The first kappa shape index (κ1) is 18.0. The third-order valence-electron chi connectivity index (χ3n) is 3.14. The monoisotopic (exact) mass is 358 g/mol. The van der Waals surface area contributed by atoms with Crippen LogP contribution in [-0.2, 0) is 16.2 Å². The van der Waals surface area contributed by atoms with Crippen molar-refractivity contribution in [2.24, 2.45) is 0 Å². The molecule has 0 aliphatic heterocycles. The van der Waals surface area contributed by atoms with Gasteiger partial charge in [0.25, 0.3) is 5.91 Å². The van der Waals surface area contributed by atoms with E-state index in [1.807, 2.05) is 0 Å². The third kappa shape index (κ3) is 4.12. The van der Waals surface area contributed by atoms with Gasteiger partial charge in [0.1, 0.15) is 0 Å². The lowest BCUT2D eigenvalue weighted by Gasteiger charge is -2.10. The maximum absolute atomic E-state index is 12.6. The molecule has 0 saturated carbocycles. The summed E-state index contributed by atoms with van der Waals surface area (Å²) >= 11 is 0. The van der Waals surface area contributed by atoms with Crippen LogP contribution in [0.4, 0.5) is 18.9 Å². The number of carbonyl (C=O) groups is 1. The van der Waals surface area contributed by atoms with Gasteiger partial charge in [0, 0.05) is 11.3 Å². The first-order chi connectivity index (χ1) is 11.1. The molecular weight excluding hydrogens is 345 g/mol. The summed E-state index contributed by atoms with van der Waals surface area (Å²) in [7, 11) is -2.37. The summed E-state index contributed by atoms with van der Waals surface area (Å²) in [5, 5.41) is 2.34. The molecule has 0 unspecified atom stereocenters. The standard InChI is InChI=1S/C15H13F3N2O3S/c1-19-24(22,23)13-7-5-10(6-8-13)14(21)20-12-4-2-3-11(9-12)15(16,17)18/h2-9,19H,1H3,(H,20,21). The lowest BCUT2D eigenvalue weighted by molar-refractivity contribution is -0.137. The Balaban J connectivity index is 2.19. The molecule has 128 valence electrons. The Labute approximate surface area is 136 Å². The second-order valence-corrected chi connectivity index (χ2v) is 6.65.